The molecule has 0 bridgehead atoms. The van der Waals surface area contributed by atoms with Crippen LogP contribution in [0.3, 0.4) is 0 Å². The molecule has 1 saturated carbocycles. The molecular weight excluding hydrogens is 557 g/mol. The Morgan fingerprint density at radius 2 is 1.57 bits per heavy atom. The lowest BCUT2D eigenvalue weighted by atomic mass is 10.1. The first kappa shape index (κ1) is 26.1. The number of benzene rings is 3. The monoisotopic (exact) mass is 572 g/mol. The molecule has 3 atom stereocenters. The highest BCUT2D eigenvalue weighted by Crippen LogP contribution is 2.65. The molecule has 4 rings (SSSR count). The number of halogens is 6. The van der Waals surface area contributed by atoms with E-state index in [4.69, 9.17) is 58.0 Å². The van der Waals surface area contributed by atoms with Crippen LogP contribution in [0, 0.1) is 11.7 Å². The zero-order chi connectivity index (χ0) is 25.5. The van der Waals surface area contributed by atoms with Crippen molar-refractivity contribution in [2.75, 3.05) is 5.32 Å². The van der Waals surface area contributed by atoms with Crippen LogP contribution in [-0.2, 0) is 4.79 Å². The third-order valence-electron chi connectivity index (χ3n) is 5.78. The first-order valence-corrected chi connectivity index (χ1v) is 12.4. The molecule has 0 saturated heterocycles. The fourth-order valence-corrected chi connectivity index (χ4v) is 5.50. The van der Waals surface area contributed by atoms with Gasteiger partial charge in [0.15, 0.2) is 0 Å². The summed E-state index contributed by atoms with van der Waals surface area (Å²) in [6.07, 6.45) is 0. The van der Waals surface area contributed by atoms with E-state index >= 15 is 0 Å². The van der Waals surface area contributed by atoms with E-state index in [2.05, 4.69) is 10.6 Å². The molecule has 2 amide bonds. The van der Waals surface area contributed by atoms with Gasteiger partial charge in [0.25, 0.3) is 5.91 Å². The maximum absolute atomic E-state index is 13.2. The van der Waals surface area contributed by atoms with Crippen molar-refractivity contribution in [3.8, 4) is 0 Å². The van der Waals surface area contributed by atoms with Crippen LogP contribution in [-0.4, -0.2) is 16.1 Å². The van der Waals surface area contributed by atoms with E-state index in [1.165, 1.54) is 24.3 Å². The Kier molecular flexibility index (Phi) is 7.56. The highest BCUT2D eigenvalue weighted by molar-refractivity contribution is 6.53. The SMILES string of the molecule is CC(NC(=O)c1cc(NC(=O)[C@@H]2[C@@H](c3cc(Cl)cc(Cl)c3)C2(Cl)Cl)ccc1Cl)c1ccc(F)cc1. The maximum Gasteiger partial charge on any atom is 0.253 e. The molecule has 1 aliphatic rings. The number of nitrogens with one attached hydrogen (secondary N) is 2. The molecule has 3 aromatic rings. The van der Waals surface area contributed by atoms with Crippen molar-refractivity contribution in [2.24, 2.45) is 5.92 Å². The third kappa shape index (κ3) is 5.71. The van der Waals surface area contributed by atoms with Crippen LogP contribution < -0.4 is 10.6 Å². The van der Waals surface area contributed by atoms with Gasteiger partial charge < -0.3 is 10.6 Å². The Labute approximate surface area is 226 Å². The Hall–Kier alpha value is -2.02. The molecular formula is C25H18Cl5FN2O2. The van der Waals surface area contributed by atoms with Gasteiger partial charge in [-0.15, -0.1) is 23.2 Å². The number of anilines is 1. The van der Waals surface area contributed by atoms with E-state index in [1.54, 1.807) is 43.3 Å². The first-order chi connectivity index (χ1) is 16.5. The topological polar surface area (TPSA) is 58.2 Å². The Morgan fingerprint density at radius 1 is 0.943 bits per heavy atom. The van der Waals surface area contributed by atoms with Gasteiger partial charge in [0, 0.05) is 21.7 Å². The van der Waals surface area contributed by atoms with E-state index < -0.39 is 34.0 Å². The Balaban J connectivity index is 1.48. The Bertz CT molecular complexity index is 1280. The smallest absolute Gasteiger partial charge is 0.253 e. The summed E-state index contributed by atoms with van der Waals surface area (Å²) in [6.45, 7) is 1.76. The van der Waals surface area contributed by atoms with Gasteiger partial charge in [-0.25, -0.2) is 4.39 Å². The lowest BCUT2D eigenvalue weighted by Crippen LogP contribution is -2.27. The van der Waals surface area contributed by atoms with Gasteiger partial charge in [0.1, 0.15) is 10.2 Å². The van der Waals surface area contributed by atoms with Crippen molar-refractivity contribution in [1.29, 1.82) is 0 Å². The van der Waals surface area contributed by atoms with Crippen molar-refractivity contribution < 1.29 is 14.0 Å². The van der Waals surface area contributed by atoms with Crippen LogP contribution in [0.4, 0.5) is 10.1 Å². The van der Waals surface area contributed by atoms with Crippen LogP contribution in [0.5, 0.6) is 0 Å². The summed E-state index contributed by atoms with van der Waals surface area (Å²) in [5.41, 5.74) is 1.88. The van der Waals surface area contributed by atoms with Crippen LogP contribution in [0.15, 0.2) is 60.7 Å². The second kappa shape index (κ2) is 10.2. The van der Waals surface area contributed by atoms with Gasteiger partial charge >= 0.3 is 0 Å². The second-order valence-electron chi connectivity index (χ2n) is 8.26. The van der Waals surface area contributed by atoms with Crippen LogP contribution in [0.25, 0.3) is 0 Å². The minimum atomic E-state index is -1.34. The lowest BCUT2D eigenvalue weighted by Gasteiger charge is -2.16. The molecule has 0 heterocycles. The van der Waals surface area contributed by atoms with E-state index in [0.717, 1.165) is 5.56 Å². The number of alkyl halides is 2. The number of carbonyl (C=O) groups excluding carboxylic acids is 2. The minimum absolute atomic E-state index is 0.162. The quantitative estimate of drug-likeness (QED) is 0.295. The summed E-state index contributed by atoms with van der Waals surface area (Å²) >= 11 is 31.2. The van der Waals surface area contributed by atoms with Crippen LogP contribution in [0.2, 0.25) is 15.1 Å². The second-order valence-corrected chi connectivity index (χ2v) is 11.0. The third-order valence-corrected chi connectivity index (χ3v) is 7.48. The van der Waals surface area contributed by atoms with Crippen molar-refractivity contribution in [1.82, 2.24) is 5.32 Å². The van der Waals surface area contributed by atoms with Crippen molar-refractivity contribution in [2.45, 2.75) is 23.2 Å². The van der Waals surface area contributed by atoms with Gasteiger partial charge in [-0.1, -0.05) is 46.9 Å². The number of rotatable bonds is 6. The molecule has 10 heteroatoms. The summed E-state index contributed by atoms with van der Waals surface area (Å²) in [5, 5.41) is 6.58. The predicted molar refractivity (Wildman–Crippen MR) is 139 cm³/mol. The van der Waals surface area contributed by atoms with Gasteiger partial charge in [-0.05, 0) is 66.6 Å². The largest absolute Gasteiger partial charge is 0.345 e. The molecule has 1 fully saturated rings. The number of hydrogen-bond acceptors (Lipinski definition) is 2. The molecule has 2 N–H and O–H groups in total. The van der Waals surface area contributed by atoms with Crippen molar-refractivity contribution >= 4 is 75.5 Å². The lowest BCUT2D eigenvalue weighted by molar-refractivity contribution is -0.117. The van der Waals surface area contributed by atoms with Crippen molar-refractivity contribution in [3.63, 3.8) is 0 Å². The summed E-state index contributed by atoms with van der Waals surface area (Å²) in [7, 11) is 0. The molecule has 1 aliphatic carbocycles. The van der Waals surface area contributed by atoms with E-state index in [9.17, 15) is 14.0 Å². The molecule has 0 radical (unpaired) electrons. The number of carbonyl (C=O) groups is 2. The average molecular weight is 575 g/mol. The van der Waals surface area contributed by atoms with Gasteiger partial charge in [0.05, 0.1) is 22.5 Å². The Morgan fingerprint density at radius 3 is 2.20 bits per heavy atom. The fourth-order valence-electron chi connectivity index (χ4n) is 3.93. The standard InChI is InChI=1S/C25H18Cl5FN2O2/c1-12(13-2-4-17(31)5-3-13)32-23(34)19-11-18(6-7-20(19)28)33-24(35)22-21(25(22,29)30)14-8-15(26)10-16(27)9-14/h2-12,21-22H,1H3,(H,32,34)(H,33,35)/t12?,21-,22+/m1/s1. The summed E-state index contributed by atoms with van der Waals surface area (Å²) in [6, 6.07) is 14.8. The normalized spacial score (nSPS) is 19.1. The van der Waals surface area contributed by atoms with Crippen LogP contribution in [0.1, 0.15) is 40.4 Å². The van der Waals surface area contributed by atoms with Gasteiger partial charge in [0.2, 0.25) is 5.91 Å². The molecule has 0 spiro atoms. The summed E-state index contributed by atoms with van der Waals surface area (Å²) in [4.78, 5) is 25.8. The highest BCUT2D eigenvalue weighted by atomic mass is 35.5. The molecule has 0 aromatic heterocycles. The molecule has 182 valence electrons. The molecule has 4 nitrogen and oxygen atoms in total. The molecule has 3 aromatic carbocycles. The van der Waals surface area contributed by atoms with E-state index in [1.807, 2.05) is 0 Å². The summed E-state index contributed by atoms with van der Waals surface area (Å²) in [5.74, 6) is -2.51. The zero-order valence-electron chi connectivity index (χ0n) is 18.1. The highest BCUT2D eigenvalue weighted by Gasteiger charge is 2.67. The van der Waals surface area contributed by atoms with Gasteiger partial charge in [-0.3, -0.25) is 9.59 Å². The molecule has 1 unspecified atom stereocenters. The first-order valence-electron chi connectivity index (χ1n) is 10.5. The van der Waals surface area contributed by atoms with Gasteiger partial charge in [-0.2, -0.15) is 0 Å². The molecule has 35 heavy (non-hydrogen) atoms. The fraction of sp³-hybridized carbons (Fsp3) is 0.200. The zero-order valence-corrected chi connectivity index (χ0v) is 21.9. The maximum atomic E-state index is 13.2. The number of amides is 2. The average Bonchev–Trinajstić information content (AvgIpc) is 3.36. The summed E-state index contributed by atoms with van der Waals surface area (Å²) < 4.78 is 11.8. The molecule has 0 aliphatic heterocycles. The van der Waals surface area contributed by atoms with E-state index in [0.29, 0.717) is 21.3 Å². The van der Waals surface area contributed by atoms with E-state index in [-0.39, 0.29) is 16.4 Å². The van der Waals surface area contributed by atoms with Crippen LogP contribution >= 0.6 is 58.0 Å². The predicted octanol–water partition coefficient (Wildman–Crippen LogP) is 7.80. The number of hydrogen-bond donors (Lipinski definition) is 2. The minimum Gasteiger partial charge on any atom is -0.345 e. The van der Waals surface area contributed by atoms with Crippen molar-refractivity contribution in [3.05, 3.63) is 98.2 Å².